The van der Waals surface area contributed by atoms with Gasteiger partial charge in [-0.3, -0.25) is 4.79 Å². The van der Waals surface area contributed by atoms with Crippen LogP contribution in [0.25, 0.3) is 0 Å². The Bertz CT molecular complexity index is 998. The van der Waals surface area contributed by atoms with Crippen molar-refractivity contribution in [3.63, 3.8) is 0 Å². The fourth-order valence-corrected chi connectivity index (χ4v) is 4.43. The van der Waals surface area contributed by atoms with Gasteiger partial charge in [0.2, 0.25) is 0 Å². The Kier molecular flexibility index (Phi) is 8.49. The highest BCUT2D eigenvalue weighted by Crippen LogP contribution is 2.28. The minimum atomic E-state index is -0.0369. The molecule has 4 rings (SSSR count). The smallest absolute Gasteiger partial charge is 0.259 e. The van der Waals surface area contributed by atoms with E-state index in [1.54, 1.807) is 17.5 Å². The summed E-state index contributed by atoms with van der Waals surface area (Å²) in [4.78, 5) is 26.4. The van der Waals surface area contributed by atoms with E-state index in [4.69, 9.17) is 4.74 Å². The molecule has 1 aromatic carbocycles. The molecule has 3 heterocycles. The molecule has 0 aliphatic carbocycles. The summed E-state index contributed by atoms with van der Waals surface area (Å²) < 4.78 is 6.27. The highest BCUT2D eigenvalue weighted by atomic mass is 32.1. The zero-order valence-electron chi connectivity index (χ0n) is 18.3. The maximum atomic E-state index is 13.0. The number of nitrogens with one attached hydrogen (secondary N) is 1. The van der Waals surface area contributed by atoms with E-state index in [9.17, 15) is 4.79 Å². The van der Waals surface area contributed by atoms with Gasteiger partial charge >= 0.3 is 0 Å². The number of ether oxygens (including phenoxy) is 1. The number of carbonyl (C=O) groups is 1. The van der Waals surface area contributed by atoms with Crippen molar-refractivity contribution in [1.82, 2.24) is 20.2 Å². The Hall–Kier alpha value is -2.62. The van der Waals surface area contributed by atoms with E-state index in [2.05, 4.69) is 32.8 Å². The van der Waals surface area contributed by atoms with Gasteiger partial charge in [0.05, 0.1) is 0 Å². The molecule has 1 amide bonds. The Morgan fingerprint density at radius 3 is 2.75 bits per heavy atom. The number of benzene rings is 1. The van der Waals surface area contributed by atoms with Crippen LogP contribution in [-0.4, -0.2) is 54.5 Å². The van der Waals surface area contributed by atoms with Gasteiger partial charge in [0.25, 0.3) is 5.91 Å². The van der Waals surface area contributed by atoms with Crippen LogP contribution in [0.1, 0.15) is 33.3 Å². The van der Waals surface area contributed by atoms with Gasteiger partial charge in [0, 0.05) is 44.2 Å². The Morgan fingerprint density at radius 1 is 1.22 bits per heavy atom. The standard InChI is InChI=1S/C23H27N5O2S.H2S/c1-24-10-9-20(21-4-3-13-31-21)30-18-7-5-17(6-8-18)15-28-12-11-27(2)22-19(23(28)29)14-25-16-26-22;/h3-8,13-14,16,20,24H,9-12,15H2,1-2H3;1H2/t20-;/m0./s1. The van der Waals surface area contributed by atoms with Crippen molar-refractivity contribution in [2.24, 2.45) is 0 Å². The Balaban J connectivity index is 0.00000289. The quantitative estimate of drug-likeness (QED) is 0.543. The van der Waals surface area contributed by atoms with Gasteiger partial charge in [-0.25, -0.2) is 9.97 Å². The van der Waals surface area contributed by atoms with Crippen LogP contribution in [0.15, 0.2) is 54.3 Å². The maximum absolute atomic E-state index is 13.0. The lowest BCUT2D eigenvalue weighted by atomic mass is 10.1. The molecule has 0 radical (unpaired) electrons. The molecule has 1 aliphatic rings. The molecule has 1 aliphatic heterocycles. The summed E-state index contributed by atoms with van der Waals surface area (Å²) in [6.07, 6.45) is 4.01. The Morgan fingerprint density at radius 2 is 2.03 bits per heavy atom. The molecule has 1 atom stereocenters. The molecular formula is C23H29N5O2S2. The summed E-state index contributed by atoms with van der Waals surface area (Å²) in [5.74, 6) is 1.48. The van der Waals surface area contributed by atoms with Crippen molar-refractivity contribution < 1.29 is 9.53 Å². The third-order valence-electron chi connectivity index (χ3n) is 5.37. The second kappa shape index (κ2) is 11.3. The molecule has 0 saturated carbocycles. The number of amides is 1. The molecule has 0 spiro atoms. The monoisotopic (exact) mass is 471 g/mol. The molecule has 0 bridgehead atoms. The molecule has 0 saturated heterocycles. The summed E-state index contributed by atoms with van der Waals surface area (Å²) in [7, 11) is 3.90. The largest absolute Gasteiger partial charge is 0.485 e. The number of thiophene rings is 1. The van der Waals surface area contributed by atoms with Gasteiger partial charge in [-0.2, -0.15) is 13.5 Å². The number of aromatic nitrogens is 2. The SMILES string of the molecule is CNCC[C@H](Oc1ccc(CN2CCN(C)c3ncncc3C2=O)cc1)c1cccs1.S. The van der Waals surface area contributed by atoms with Gasteiger partial charge in [0.15, 0.2) is 0 Å². The first kappa shape index (κ1) is 24.0. The van der Waals surface area contributed by atoms with Crippen LogP contribution in [0.5, 0.6) is 5.75 Å². The topological polar surface area (TPSA) is 70.6 Å². The fraction of sp³-hybridized carbons (Fsp3) is 0.348. The maximum Gasteiger partial charge on any atom is 0.259 e. The zero-order valence-corrected chi connectivity index (χ0v) is 20.1. The molecular weight excluding hydrogens is 442 g/mol. The van der Waals surface area contributed by atoms with Gasteiger partial charge < -0.3 is 19.9 Å². The van der Waals surface area contributed by atoms with Crippen LogP contribution in [0.4, 0.5) is 5.82 Å². The number of hydrogen-bond acceptors (Lipinski definition) is 7. The molecule has 3 aromatic rings. The molecule has 2 aromatic heterocycles. The van der Waals surface area contributed by atoms with Gasteiger partial charge in [-0.1, -0.05) is 18.2 Å². The zero-order chi connectivity index (χ0) is 21.6. The number of likely N-dealkylation sites (N-methyl/N-ethyl adjacent to an activating group) is 1. The minimum Gasteiger partial charge on any atom is -0.485 e. The van der Waals surface area contributed by atoms with Crippen molar-refractivity contribution in [1.29, 1.82) is 0 Å². The van der Waals surface area contributed by atoms with Crippen LogP contribution < -0.4 is 15.0 Å². The van der Waals surface area contributed by atoms with Gasteiger partial charge in [0.1, 0.15) is 29.6 Å². The fourth-order valence-electron chi connectivity index (χ4n) is 3.64. The third-order valence-corrected chi connectivity index (χ3v) is 6.33. The molecule has 170 valence electrons. The van der Waals surface area contributed by atoms with E-state index in [0.29, 0.717) is 24.5 Å². The average Bonchev–Trinajstić information content (AvgIpc) is 3.31. The number of rotatable bonds is 8. The highest BCUT2D eigenvalue weighted by Gasteiger charge is 2.26. The molecule has 0 fully saturated rings. The van der Waals surface area contributed by atoms with Gasteiger partial charge in [-0.15, -0.1) is 11.3 Å². The van der Waals surface area contributed by atoms with Crippen LogP contribution in [0, 0.1) is 0 Å². The molecule has 1 N–H and O–H groups in total. The Labute approximate surface area is 199 Å². The first-order valence-electron chi connectivity index (χ1n) is 10.4. The number of anilines is 1. The van der Waals surface area contributed by atoms with E-state index in [0.717, 1.165) is 30.8 Å². The second-order valence-corrected chi connectivity index (χ2v) is 8.55. The van der Waals surface area contributed by atoms with Crippen molar-refractivity contribution in [3.8, 4) is 5.75 Å². The number of nitrogens with zero attached hydrogens (tertiary/aromatic N) is 4. The molecule has 0 unspecified atom stereocenters. The van der Waals surface area contributed by atoms with Crippen molar-refractivity contribution in [2.45, 2.75) is 19.1 Å². The van der Waals surface area contributed by atoms with E-state index in [1.807, 2.05) is 48.2 Å². The predicted molar refractivity (Wildman–Crippen MR) is 133 cm³/mol. The molecule has 7 nitrogen and oxygen atoms in total. The normalized spacial score (nSPS) is 14.4. The summed E-state index contributed by atoms with van der Waals surface area (Å²) in [5.41, 5.74) is 1.61. The summed E-state index contributed by atoms with van der Waals surface area (Å²) >= 11 is 1.71. The van der Waals surface area contributed by atoms with Crippen molar-refractivity contribution >= 4 is 36.6 Å². The molecule has 9 heteroatoms. The summed E-state index contributed by atoms with van der Waals surface area (Å²) in [6.45, 7) is 2.78. The highest BCUT2D eigenvalue weighted by molar-refractivity contribution is 7.59. The summed E-state index contributed by atoms with van der Waals surface area (Å²) in [5, 5.41) is 5.27. The number of hydrogen-bond donors (Lipinski definition) is 1. The predicted octanol–water partition coefficient (Wildman–Crippen LogP) is 3.47. The van der Waals surface area contributed by atoms with E-state index in [-0.39, 0.29) is 25.5 Å². The number of carbonyl (C=O) groups excluding carboxylic acids is 1. The van der Waals surface area contributed by atoms with Crippen molar-refractivity contribution in [2.75, 3.05) is 38.6 Å². The minimum absolute atomic E-state index is 0. The average molecular weight is 472 g/mol. The second-order valence-electron chi connectivity index (χ2n) is 7.57. The van der Waals surface area contributed by atoms with E-state index >= 15 is 0 Å². The third kappa shape index (κ3) is 5.59. The van der Waals surface area contributed by atoms with Crippen LogP contribution >= 0.6 is 24.8 Å². The van der Waals surface area contributed by atoms with E-state index < -0.39 is 0 Å². The summed E-state index contributed by atoms with van der Waals surface area (Å²) in [6, 6.07) is 12.2. The van der Waals surface area contributed by atoms with E-state index in [1.165, 1.54) is 11.2 Å². The first-order chi connectivity index (χ1) is 15.2. The van der Waals surface area contributed by atoms with Crippen LogP contribution in [0.2, 0.25) is 0 Å². The lowest BCUT2D eigenvalue weighted by Crippen LogP contribution is -2.33. The lowest BCUT2D eigenvalue weighted by molar-refractivity contribution is 0.0754. The first-order valence-corrected chi connectivity index (χ1v) is 11.3. The van der Waals surface area contributed by atoms with Crippen LogP contribution in [-0.2, 0) is 6.54 Å². The van der Waals surface area contributed by atoms with Crippen molar-refractivity contribution in [3.05, 3.63) is 70.3 Å². The van der Waals surface area contributed by atoms with Crippen LogP contribution in [0.3, 0.4) is 0 Å². The lowest BCUT2D eigenvalue weighted by Gasteiger charge is -2.22. The molecule has 32 heavy (non-hydrogen) atoms. The number of fused-ring (bicyclic) bond motifs is 1. The van der Waals surface area contributed by atoms with Gasteiger partial charge in [-0.05, 0) is 42.7 Å².